The van der Waals surface area contributed by atoms with Crippen LogP contribution in [0.3, 0.4) is 0 Å². The number of benzene rings is 1. The van der Waals surface area contributed by atoms with E-state index in [1.807, 2.05) is 44.2 Å². The lowest BCUT2D eigenvalue weighted by molar-refractivity contribution is -0.140. The third kappa shape index (κ3) is 4.23. The van der Waals surface area contributed by atoms with Crippen LogP contribution in [0, 0.1) is 0 Å². The highest BCUT2D eigenvalue weighted by molar-refractivity contribution is 7.99. The zero-order chi connectivity index (χ0) is 13.7. The molecule has 0 aliphatic carbocycles. The van der Waals surface area contributed by atoms with Gasteiger partial charge >= 0.3 is 0 Å². The summed E-state index contributed by atoms with van der Waals surface area (Å²) in [6.07, 6.45) is 5.74. The number of hydrogen-bond acceptors (Lipinski definition) is 3. The molecule has 0 N–H and O–H groups in total. The summed E-state index contributed by atoms with van der Waals surface area (Å²) in [6, 6.07) is 10.3. The minimum Gasteiger partial charge on any atom is -0.343 e. The Bertz CT molecular complexity index is 439. The number of thioether (sulfide) groups is 1. The predicted molar refractivity (Wildman–Crippen MR) is 80.3 cm³/mol. The standard InChI is InChI=1S/C16H20O2S/c1-4-5-11-14-15(18-16(2,3)17-14)12-19-13-9-7-6-8-10-13/h4-11,14-15H,1,12H2,2-3H3/b11-5-/t14-,15-/m1/s1. The van der Waals surface area contributed by atoms with Crippen LogP contribution in [0.25, 0.3) is 0 Å². The topological polar surface area (TPSA) is 18.5 Å². The molecule has 0 amide bonds. The van der Waals surface area contributed by atoms with E-state index in [1.54, 1.807) is 17.8 Å². The highest BCUT2D eigenvalue weighted by atomic mass is 32.2. The first-order valence-corrected chi connectivity index (χ1v) is 7.42. The van der Waals surface area contributed by atoms with Crippen molar-refractivity contribution in [1.82, 2.24) is 0 Å². The average molecular weight is 276 g/mol. The maximum atomic E-state index is 5.95. The van der Waals surface area contributed by atoms with Crippen molar-refractivity contribution in [2.45, 2.75) is 36.7 Å². The van der Waals surface area contributed by atoms with Crippen molar-refractivity contribution in [2.75, 3.05) is 5.75 Å². The van der Waals surface area contributed by atoms with Gasteiger partial charge in [-0.1, -0.05) is 43.0 Å². The van der Waals surface area contributed by atoms with E-state index in [0.29, 0.717) is 0 Å². The van der Waals surface area contributed by atoms with Crippen molar-refractivity contribution in [2.24, 2.45) is 0 Å². The maximum absolute atomic E-state index is 5.95. The van der Waals surface area contributed by atoms with Gasteiger partial charge in [-0.3, -0.25) is 0 Å². The molecule has 1 aromatic carbocycles. The van der Waals surface area contributed by atoms with Gasteiger partial charge in [0, 0.05) is 10.6 Å². The molecule has 1 aliphatic rings. The quantitative estimate of drug-likeness (QED) is 0.597. The van der Waals surface area contributed by atoms with E-state index in [0.717, 1.165) is 5.75 Å². The largest absolute Gasteiger partial charge is 0.343 e. The lowest BCUT2D eigenvalue weighted by Crippen LogP contribution is -2.23. The third-order valence-electron chi connectivity index (χ3n) is 2.82. The van der Waals surface area contributed by atoms with Crippen molar-refractivity contribution < 1.29 is 9.47 Å². The summed E-state index contributed by atoms with van der Waals surface area (Å²) >= 11 is 1.79. The Kier molecular flexibility index (Phi) is 4.86. The van der Waals surface area contributed by atoms with Crippen LogP contribution in [0.15, 0.2) is 60.0 Å². The first kappa shape index (κ1) is 14.4. The minimum absolute atomic E-state index is 0.00999. The zero-order valence-corrected chi connectivity index (χ0v) is 12.2. The summed E-state index contributed by atoms with van der Waals surface area (Å²) in [5.41, 5.74) is 0. The molecule has 2 rings (SSSR count). The summed E-state index contributed by atoms with van der Waals surface area (Å²) in [7, 11) is 0. The predicted octanol–water partition coefficient (Wildman–Crippen LogP) is 4.04. The Balaban J connectivity index is 1.97. The second-order valence-electron chi connectivity index (χ2n) is 4.88. The van der Waals surface area contributed by atoms with E-state index in [-0.39, 0.29) is 12.2 Å². The molecule has 1 aromatic rings. The summed E-state index contributed by atoms with van der Waals surface area (Å²) in [5.74, 6) is 0.359. The average Bonchev–Trinajstić information content (AvgIpc) is 2.70. The van der Waals surface area contributed by atoms with E-state index in [4.69, 9.17) is 9.47 Å². The van der Waals surface area contributed by atoms with Crippen LogP contribution in [0.5, 0.6) is 0 Å². The van der Waals surface area contributed by atoms with Crippen LogP contribution in [0.1, 0.15) is 13.8 Å². The SMILES string of the molecule is C=C/C=C\[C@H]1OC(C)(C)O[C@@H]1CSc1ccccc1. The van der Waals surface area contributed by atoms with Gasteiger partial charge in [-0.05, 0) is 26.0 Å². The summed E-state index contributed by atoms with van der Waals surface area (Å²) < 4.78 is 11.8. The van der Waals surface area contributed by atoms with Gasteiger partial charge < -0.3 is 9.47 Å². The molecule has 0 saturated carbocycles. The smallest absolute Gasteiger partial charge is 0.164 e. The normalized spacial score (nSPS) is 25.8. The molecule has 19 heavy (non-hydrogen) atoms. The van der Waals surface area contributed by atoms with Crippen molar-refractivity contribution in [1.29, 1.82) is 0 Å². The van der Waals surface area contributed by atoms with Crippen molar-refractivity contribution in [3.05, 3.63) is 55.1 Å². The van der Waals surface area contributed by atoms with Crippen LogP contribution < -0.4 is 0 Å². The zero-order valence-electron chi connectivity index (χ0n) is 11.4. The molecule has 0 unspecified atom stereocenters. The molecule has 0 radical (unpaired) electrons. The van der Waals surface area contributed by atoms with Crippen LogP contribution in [0.2, 0.25) is 0 Å². The second-order valence-corrected chi connectivity index (χ2v) is 5.98. The molecule has 1 fully saturated rings. The van der Waals surface area contributed by atoms with Crippen molar-refractivity contribution in [3.63, 3.8) is 0 Å². The van der Waals surface area contributed by atoms with Crippen molar-refractivity contribution in [3.8, 4) is 0 Å². The molecule has 0 aromatic heterocycles. The van der Waals surface area contributed by atoms with Gasteiger partial charge in [0.25, 0.3) is 0 Å². The second kappa shape index (κ2) is 6.42. The molecule has 1 saturated heterocycles. The van der Waals surface area contributed by atoms with Gasteiger partial charge in [0.15, 0.2) is 5.79 Å². The van der Waals surface area contributed by atoms with Gasteiger partial charge in [-0.25, -0.2) is 0 Å². The molecular weight excluding hydrogens is 256 g/mol. The fraction of sp³-hybridized carbons (Fsp3) is 0.375. The summed E-state index contributed by atoms with van der Waals surface area (Å²) in [6.45, 7) is 7.59. The Labute approximate surface area is 119 Å². The van der Waals surface area contributed by atoms with Gasteiger partial charge in [-0.15, -0.1) is 11.8 Å². The molecule has 102 valence electrons. The van der Waals surface area contributed by atoms with Crippen LogP contribution in [-0.4, -0.2) is 23.7 Å². The van der Waals surface area contributed by atoms with Gasteiger partial charge in [0.2, 0.25) is 0 Å². The molecule has 2 atom stereocenters. The van der Waals surface area contributed by atoms with Gasteiger partial charge in [-0.2, -0.15) is 0 Å². The Morgan fingerprint density at radius 2 is 2.00 bits per heavy atom. The first-order chi connectivity index (χ1) is 9.11. The number of allylic oxidation sites excluding steroid dienone is 2. The molecule has 0 bridgehead atoms. The molecular formula is C16H20O2S. The fourth-order valence-corrected chi connectivity index (χ4v) is 3.00. The highest BCUT2D eigenvalue weighted by Crippen LogP contribution is 2.32. The Morgan fingerprint density at radius 3 is 2.68 bits per heavy atom. The fourth-order valence-electron chi connectivity index (χ4n) is 2.04. The third-order valence-corrected chi connectivity index (χ3v) is 3.92. The molecule has 3 heteroatoms. The number of ether oxygens (including phenoxy) is 2. The van der Waals surface area contributed by atoms with Gasteiger partial charge in [0.05, 0.1) is 0 Å². The summed E-state index contributed by atoms with van der Waals surface area (Å²) in [5, 5.41) is 0. The molecule has 0 spiro atoms. The summed E-state index contributed by atoms with van der Waals surface area (Å²) in [4.78, 5) is 1.25. The number of hydrogen-bond donors (Lipinski definition) is 0. The lowest BCUT2D eigenvalue weighted by Gasteiger charge is -2.16. The molecule has 2 nitrogen and oxygen atoms in total. The highest BCUT2D eigenvalue weighted by Gasteiger charge is 2.39. The molecule has 1 heterocycles. The van der Waals surface area contributed by atoms with E-state index >= 15 is 0 Å². The van der Waals surface area contributed by atoms with E-state index in [9.17, 15) is 0 Å². The van der Waals surface area contributed by atoms with E-state index < -0.39 is 5.79 Å². The van der Waals surface area contributed by atoms with Gasteiger partial charge in [0.1, 0.15) is 12.2 Å². The Morgan fingerprint density at radius 1 is 1.26 bits per heavy atom. The maximum Gasteiger partial charge on any atom is 0.164 e. The minimum atomic E-state index is -0.516. The first-order valence-electron chi connectivity index (χ1n) is 6.43. The van der Waals surface area contributed by atoms with Crippen molar-refractivity contribution >= 4 is 11.8 Å². The Hall–Kier alpha value is -1.03. The lowest BCUT2D eigenvalue weighted by atomic mass is 10.2. The van der Waals surface area contributed by atoms with Crippen LogP contribution in [0.4, 0.5) is 0 Å². The van der Waals surface area contributed by atoms with Crippen LogP contribution >= 0.6 is 11.8 Å². The van der Waals surface area contributed by atoms with E-state index in [2.05, 4.69) is 18.7 Å². The number of rotatable bonds is 5. The monoisotopic (exact) mass is 276 g/mol. The van der Waals surface area contributed by atoms with Crippen LogP contribution in [-0.2, 0) is 9.47 Å². The van der Waals surface area contributed by atoms with E-state index in [1.165, 1.54) is 4.90 Å². The molecule has 1 aliphatic heterocycles.